The molecule has 46 heavy (non-hydrogen) atoms. The van der Waals surface area contributed by atoms with Gasteiger partial charge in [-0.15, -0.1) is 9.24 Å². The van der Waals surface area contributed by atoms with Gasteiger partial charge in [-0.25, -0.2) is 9.18 Å². The van der Waals surface area contributed by atoms with Gasteiger partial charge in [0, 0.05) is 53.7 Å². The second kappa shape index (κ2) is 11.5. The molecule has 2 unspecified atom stereocenters. The Morgan fingerprint density at radius 1 is 1.17 bits per heavy atom. The average molecular weight is 654 g/mol. The monoisotopic (exact) mass is 653 g/mol. The van der Waals surface area contributed by atoms with Crippen LogP contribution in [0.2, 0.25) is 0 Å². The Hall–Kier alpha value is -4.31. The molecule has 3 atom stereocenters. The van der Waals surface area contributed by atoms with Crippen LogP contribution in [0.4, 0.5) is 23.4 Å². The maximum Gasteiger partial charge on any atom is 0.397 e. The van der Waals surface area contributed by atoms with Crippen molar-refractivity contribution in [2.45, 2.75) is 52.4 Å². The van der Waals surface area contributed by atoms with Crippen LogP contribution in [-0.2, 0) is 11.4 Å². The Balaban J connectivity index is 1.72. The van der Waals surface area contributed by atoms with E-state index in [0.29, 0.717) is 58.4 Å². The average Bonchev–Trinajstić information content (AvgIpc) is 3.01. The van der Waals surface area contributed by atoms with Crippen molar-refractivity contribution in [1.29, 1.82) is 0 Å². The van der Waals surface area contributed by atoms with Crippen molar-refractivity contribution in [3.63, 3.8) is 0 Å². The lowest BCUT2D eigenvalue weighted by Crippen LogP contribution is -2.54. The highest BCUT2D eigenvalue weighted by Gasteiger charge is 2.41. The third-order valence-electron chi connectivity index (χ3n) is 8.88. The van der Waals surface area contributed by atoms with E-state index in [0.717, 1.165) is 17.1 Å². The molecule has 0 bridgehead atoms. The molecule has 1 saturated heterocycles. The standard InChI is InChI=1S/C33H32F4N5O3P/c1-6-23(43)40-11-12-41(18(4)14-40)31-21-13-17(3)24-25-20(7-8-22(34)30(25)46)15-45-29(24)28(21)42(32(44)39-31)27-16(2)9-10-38-26(27)19(5)33(35,36)37/h6-10,13,18-19H,1,11-12,14-15,46H2,2-5H3/t18-,19?/m0/s1. The maximum absolute atomic E-state index is 14.9. The Morgan fingerprint density at radius 3 is 2.59 bits per heavy atom. The Kier molecular flexibility index (Phi) is 7.91. The van der Waals surface area contributed by atoms with Crippen molar-refractivity contribution in [2.75, 3.05) is 24.5 Å². The first-order chi connectivity index (χ1) is 21.7. The van der Waals surface area contributed by atoms with E-state index in [4.69, 9.17) is 4.74 Å². The number of nitrogens with zero attached hydrogens (tertiary/aromatic N) is 5. The van der Waals surface area contributed by atoms with Gasteiger partial charge < -0.3 is 14.5 Å². The number of aromatic nitrogens is 3. The van der Waals surface area contributed by atoms with Gasteiger partial charge in [0.15, 0.2) is 5.75 Å². The van der Waals surface area contributed by atoms with Gasteiger partial charge in [-0.05, 0) is 68.7 Å². The quantitative estimate of drug-likeness (QED) is 0.165. The number of piperazine rings is 1. The molecule has 0 N–H and O–H groups in total. The Labute approximate surface area is 264 Å². The summed E-state index contributed by atoms with van der Waals surface area (Å²) in [6.45, 7) is 11.0. The van der Waals surface area contributed by atoms with Crippen molar-refractivity contribution in [2.24, 2.45) is 0 Å². The van der Waals surface area contributed by atoms with Crippen molar-refractivity contribution >= 4 is 37.2 Å². The van der Waals surface area contributed by atoms with Gasteiger partial charge in [0.25, 0.3) is 0 Å². The van der Waals surface area contributed by atoms with E-state index in [-0.39, 0.29) is 41.2 Å². The predicted octanol–water partition coefficient (Wildman–Crippen LogP) is 5.49. The van der Waals surface area contributed by atoms with Crippen LogP contribution in [0.15, 0.2) is 47.9 Å². The van der Waals surface area contributed by atoms with Crippen LogP contribution >= 0.6 is 9.24 Å². The van der Waals surface area contributed by atoms with Crippen LogP contribution in [0.5, 0.6) is 5.75 Å². The molecule has 0 saturated carbocycles. The number of carbonyl (C=O) groups is 1. The highest BCUT2D eigenvalue weighted by molar-refractivity contribution is 7.28. The van der Waals surface area contributed by atoms with Crippen LogP contribution < -0.4 is 20.6 Å². The first-order valence-electron chi connectivity index (χ1n) is 14.8. The first-order valence-corrected chi connectivity index (χ1v) is 15.3. The zero-order valence-corrected chi connectivity index (χ0v) is 26.9. The summed E-state index contributed by atoms with van der Waals surface area (Å²) in [5.41, 5.74) is 1.93. The number of rotatable bonds is 4. The largest absolute Gasteiger partial charge is 0.486 e. The number of pyridine rings is 1. The van der Waals surface area contributed by atoms with Gasteiger partial charge in [0.1, 0.15) is 23.8 Å². The number of amides is 1. The molecule has 240 valence electrons. The third-order valence-corrected chi connectivity index (χ3v) is 9.44. The number of benzene rings is 2. The lowest BCUT2D eigenvalue weighted by atomic mass is 9.91. The van der Waals surface area contributed by atoms with Crippen molar-refractivity contribution in [3.05, 3.63) is 81.8 Å². The smallest absolute Gasteiger partial charge is 0.397 e. The summed E-state index contributed by atoms with van der Waals surface area (Å²) >= 11 is 0. The van der Waals surface area contributed by atoms with Crippen LogP contribution in [-0.4, -0.2) is 57.2 Å². The Bertz CT molecular complexity index is 1990. The highest BCUT2D eigenvalue weighted by Crippen LogP contribution is 2.47. The van der Waals surface area contributed by atoms with Gasteiger partial charge in [0.2, 0.25) is 5.91 Å². The van der Waals surface area contributed by atoms with Gasteiger partial charge in [-0.2, -0.15) is 18.2 Å². The summed E-state index contributed by atoms with van der Waals surface area (Å²) in [6, 6.07) is 6.07. The molecule has 4 heterocycles. The SMILES string of the molecule is C=CC(=O)N1CCN(c2nc(=O)n(-c3c(C)ccnc3C(C)C(F)(F)F)c3c4c(c(C)cc23)-c2c(ccc(F)c2P)CO4)[C@@H](C)C1. The molecule has 6 rings (SSSR count). The fraction of sp³-hybridized carbons (Fsp3) is 0.333. The second-order valence-electron chi connectivity index (χ2n) is 11.8. The fourth-order valence-electron chi connectivity index (χ4n) is 6.48. The lowest BCUT2D eigenvalue weighted by Gasteiger charge is -2.41. The molecule has 1 fully saturated rings. The minimum Gasteiger partial charge on any atom is -0.486 e. The van der Waals surface area contributed by atoms with Gasteiger partial charge in [-0.3, -0.25) is 14.3 Å². The molecule has 4 aromatic rings. The van der Waals surface area contributed by atoms with Crippen molar-refractivity contribution in [3.8, 4) is 22.6 Å². The van der Waals surface area contributed by atoms with Crippen molar-refractivity contribution < 1.29 is 27.1 Å². The van der Waals surface area contributed by atoms with Gasteiger partial charge in [-0.1, -0.05) is 12.6 Å². The van der Waals surface area contributed by atoms with E-state index < -0.39 is 23.6 Å². The molecule has 8 nitrogen and oxygen atoms in total. The van der Waals surface area contributed by atoms with Gasteiger partial charge in [0.05, 0.1) is 17.3 Å². The molecule has 0 radical (unpaired) electrons. The van der Waals surface area contributed by atoms with Crippen LogP contribution in [0.3, 0.4) is 0 Å². The number of carbonyl (C=O) groups excluding carboxylic acids is 1. The molecule has 2 aromatic carbocycles. The summed E-state index contributed by atoms with van der Waals surface area (Å²) < 4.78 is 65.0. The number of hydrogen-bond acceptors (Lipinski definition) is 6. The number of halogens is 4. The molecule has 13 heteroatoms. The van der Waals surface area contributed by atoms with E-state index in [1.807, 2.05) is 24.8 Å². The lowest BCUT2D eigenvalue weighted by molar-refractivity contribution is -0.147. The summed E-state index contributed by atoms with van der Waals surface area (Å²) in [5, 5.41) is 0.776. The number of alkyl halides is 3. The molecule has 0 aliphatic carbocycles. The summed E-state index contributed by atoms with van der Waals surface area (Å²) in [5.74, 6) is -2.12. The summed E-state index contributed by atoms with van der Waals surface area (Å²) in [6.07, 6.45) is -2.11. The zero-order chi connectivity index (χ0) is 33.2. The van der Waals surface area contributed by atoms with Crippen LogP contribution in [0.25, 0.3) is 27.7 Å². The normalized spacial score (nSPS) is 16.9. The number of ether oxygens (including phenoxy) is 1. The molecule has 2 aliphatic rings. The van der Waals surface area contributed by atoms with E-state index >= 15 is 0 Å². The van der Waals surface area contributed by atoms with Crippen molar-refractivity contribution in [1.82, 2.24) is 19.4 Å². The van der Waals surface area contributed by atoms with Crippen LogP contribution in [0.1, 0.15) is 42.1 Å². The topological polar surface area (TPSA) is 80.6 Å². The highest BCUT2D eigenvalue weighted by atomic mass is 31.0. The van der Waals surface area contributed by atoms with Crippen LogP contribution in [0, 0.1) is 19.7 Å². The molecule has 1 amide bonds. The van der Waals surface area contributed by atoms with Gasteiger partial charge >= 0.3 is 11.9 Å². The minimum atomic E-state index is -4.64. The molecular formula is C33H32F4N5O3P. The zero-order valence-electron chi connectivity index (χ0n) is 25.7. The maximum atomic E-state index is 14.9. The summed E-state index contributed by atoms with van der Waals surface area (Å²) in [7, 11) is 2.43. The molecule has 2 aromatic heterocycles. The number of hydrogen-bond donors (Lipinski definition) is 0. The molecular weight excluding hydrogens is 621 g/mol. The van der Waals surface area contributed by atoms with E-state index in [1.54, 1.807) is 24.0 Å². The van der Waals surface area contributed by atoms with E-state index in [2.05, 4.69) is 25.8 Å². The number of fused-ring (bicyclic) bond motifs is 5. The predicted molar refractivity (Wildman–Crippen MR) is 172 cm³/mol. The fourth-order valence-corrected chi connectivity index (χ4v) is 6.91. The molecule has 2 aliphatic heterocycles. The molecule has 0 spiro atoms. The van der Waals surface area contributed by atoms with E-state index in [9.17, 15) is 27.2 Å². The number of anilines is 1. The minimum absolute atomic E-state index is 0.0402. The second-order valence-corrected chi connectivity index (χ2v) is 12.4. The van der Waals surface area contributed by atoms with E-state index in [1.165, 1.54) is 18.3 Å². The number of aryl methyl sites for hydroxylation is 2. The first kappa shape index (κ1) is 31.7. The third kappa shape index (κ3) is 5.03. The Morgan fingerprint density at radius 2 is 1.91 bits per heavy atom. The summed E-state index contributed by atoms with van der Waals surface area (Å²) in [4.78, 5) is 38.8.